The third kappa shape index (κ3) is 4.57. The van der Waals surface area contributed by atoms with E-state index in [2.05, 4.69) is 0 Å². The maximum Gasteiger partial charge on any atom is 0.339 e. The number of rotatable bonds is 6. The van der Waals surface area contributed by atoms with E-state index < -0.39 is 17.7 Å². The van der Waals surface area contributed by atoms with Gasteiger partial charge < -0.3 is 20.4 Å². The first-order valence-electron chi connectivity index (χ1n) is 7.30. The number of hydrogen-bond donors (Lipinski definition) is 4. The number of phenols is 2. The molecule has 2 aromatic rings. The summed E-state index contributed by atoms with van der Waals surface area (Å²) in [6, 6.07) is 7.79. The lowest BCUT2D eigenvalue weighted by Gasteiger charge is -2.01. The minimum Gasteiger partial charge on any atom is -0.507 e. The summed E-state index contributed by atoms with van der Waals surface area (Å²) < 4.78 is 0. The second-order valence-electron chi connectivity index (χ2n) is 5.23. The van der Waals surface area contributed by atoms with Gasteiger partial charge in [0.15, 0.2) is 5.78 Å². The minimum absolute atomic E-state index is 0.277. The summed E-state index contributed by atoms with van der Waals surface area (Å²) >= 11 is 0. The topological polar surface area (TPSA) is 132 Å². The minimum atomic E-state index is -1.29. The van der Waals surface area contributed by atoms with Crippen molar-refractivity contribution in [1.82, 2.24) is 0 Å². The second-order valence-corrected chi connectivity index (χ2v) is 5.23. The average Bonchev–Trinajstić information content (AvgIpc) is 2.59. The van der Waals surface area contributed by atoms with E-state index in [0.29, 0.717) is 11.1 Å². The SMILES string of the molecule is O=C(/C=C/c1ccc(O)c(C(=O)O)c1)/C=C/c1ccc(O)c(C(=O)O)c1. The van der Waals surface area contributed by atoms with E-state index in [4.69, 9.17) is 10.2 Å². The van der Waals surface area contributed by atoms with Crippen LogP contribution in [-0.4, -0.2) is 38.1 Å². The van der Waals surface area contributed by atoms with Gasteiger partial charge in [0.25, 0.3) is 0 Å². The molecule has 0 unspecified atom stereocenters. The number of aromatic hydroxyl groups is 2. The average molecular weight is 354 g/mol. The molecule has 26 heavy (non-hydrogen) atoms. The van der Waals surface area contributed by atoms with Crippen molar-refractivity contribution in [2.45, 2.75) is 0 Å². The molecule has 0 saturated heterocycles. The molecule has 0 saturated carbocycles. The Hall–Kier alpha value is -3.87. The zero-order valence-electron chi connectivity index (χ0n) is 13.3. The van der Waals surface area contributed by atoms with Crippen LogP contribution in [0.4, 0.5) is 0 Å². The van der Waals surface area contributed by atoms with Crippen molar-refractivity contribution < 1.29 is 34.8 Å². The van der Waals surface area contributed by atoms with Crippen LogP contribution in [0.15, 0.2) is 48.6 Å². The highest BCUT2D eigenvalue weighted by molar-refractivity contribution is 6.04. The third-order valence-electron chi connectivity index (χ3n) is 3.38. The summed E-state index contributed by atoms with van der Waals surface area (Å²) in [5.74, 6) is -3.74. The first-order valence-corrected chi connectivity index (χ1v) is 7.30. The Bertz CT molecular complexity index is 863. The molecule has 0 amide bonds. The summed E-state index contributed by atoms with van der Waals surface area (Å²) in [5.41, 5.74) is 0.278. The second kappa shape index (κ2) is 7.80. The zero-order chi connectivity index (χ0) is 19.3. The largest absolute Gasteiger partial charge is 0.507 e. The molecule has 2 aromatic carbocycles. The van der Waals surface area contributed by atoms with Gasteiger partial charge in [-0.05, 0) is 47.5 Å². The van der Waals surface area contributed by atoms with Gasteiger partial charge in [0.1, 0.15) is 22.6 Å². The Morgan fingerprint density at radius 3 is 1.42 bits per heavy atom. The van der Waals surface area contributed by atoms with Crippen LogP contribution in [-0.2, 0) is 4.79 Å². The Balaban J connectivity index is 2.13. The fourth-order valence-electron chi connectivity index (χ4n) is 2.07. The molecule has 0 aliphatic carbocycles. The predicted octanol–water partition coefficient (Wildman–Crippen LogP) is 2.79. The highest BCUT2D eigenvalue weighted by atomic mass is 16.4. The highest BCUT2D eigenvalue weighted by Gasteiger charge is 2.10. The number of carbonyl (C=O) groups is 3. The Morgan fingerprint density at radius 1 is 0.692 bits per heavy atom. The molecule has 0 aliphatic heterocycles. The third-order valence-corrected chi connectivity index (χ3v) is 3.38. The zero-order valence-corrected chi connectivity index (χ0v) is 13.3. The van der Waals surface area contributed by atoms with Gasteiger partial charge >= 0.3 is 11.9 Å². The van der Waals surface area contributed by atoms with Gasteiger partial charge in [-0.15, -0.1) is 0 Å². The summed E-state index contributed by atoms with van der Waals surface area (Å²) in [7, 11) is 0. The van der Waals surface area contributed by atoms with Crippen LogP contribution in [0, 0.1) is 0 Å². The number of ketones is 1. The molecule has 0 atom stereocenters. The fourth-order valence-corrected chi connectivity index (χ4v) is 2.07. The van der Waals surface area contributed by atoms with Crippen molar-refractivity contribution in [3.63, 3.8) is 0 Å². The number of aromatic carboxylic acids is 2. The van der Waals surface area contributed by atoms with E-state index in [0.717, 1.165) is 0 Å². The smallest absolute Gasteiger partial charge is 0.339 e. The molecule has 0 aliphatic rings. The van der Waals surface area contributed by atoms with Crippen molar-refractivity contribution in [1.29, 1.82) is 0 Å². The van der Waals surface area contributed by atoms with Crippen molar-refractivity contribution in [3.05, 3.63) is 70.8 Å². The van der Waals surface area contributed by atoms with E-state index >= 15 is 0 Å². The number of carboxylic acids is 2. The monoisotopic (exact) mass is 354 g/mol. The van der Waals surface area contributed by atoms with Crippen LogP contribution >= 0.6 is 0 Å². The molecular formula is C19H14O7. The Kier molecular flexibility index (Phi) is 5.54. The quantitative estimate of drug-likeness (QED) is 0.586. The van der Waals surface area contributed by atoms with Gasteiger partial charge in [0, 0.05) is 0 Å². The highest BCUT2D eigenvalue weighted by Crippen LogP contribution is 2.20. The van der Waals surface area contributed by atoms with E-state index in [1.165, 1.54) is 60.7 Å². The van der Waals surface area contributed by atoms with E-state index in [-0.39, 0.29) is 22.6 Å². The lowest BCUT2D eigenvalue weighted by atomic mass is 10.1. The van der Waals surface area contributed by atoms with Gasteiger partial charge in [0.2, 0.25) is 0 Å². The van der Waals surface area contributed by atoms with Crippen LogP contribution in [0.3, 0.4) is 0 Å². The number of hydrogen-bond acceptors (Lipinski definition) is 5. The van der Waals surface area contributed by atoms with Crippen molar-refractivity contribution in [2.24, 2.45) is 0 Å². The van der Waals surface area contributed by atoms with Crippen molar-refractivity contribution >= 4 is 29.9 Å². The van der Waals surface area contributed by atoms with E-state index in [9.17, 15) is 24.6 Å². The van der Waals surface area contributed by atoms with Crippen LogP contribution in [0.5, 0.6) is 11.5 Å². The van der Waals surface area contributed by atoms with Gasteiger partial charge in [0.05, 0.1) is 0 Å². The normalized spacial score (nSPS) is 11.1. The summed E-state index contributed by atoms with van der Waals surface area (Å²) in [6.45, 7) is 0. The molecule has 7 nitrogen and oxygen atoms in total. The van der Waals surface area contributed by atoms with E-state index in [1.807, 2.05) is 0 Å². The lowest BCUT2D eigenvalue weighted by molar-refractivity contribution is -0.110. The molecule has 0 radical (unpaired) electrons. The van der Waals surface area contributed by atoms with Crippen LogP contribution in [0.25, 0.3) is 12.2 Å². The van der Waals surface area contributed by atoms with Crippen molar-refractivity contribution in [3.8, 4) is 11.5 Å². The molecular weight excluding hydrogens is 340 g/mol. The van der Waals surface area contributed by atoms with Crippen LogP contribution in [0.1, 0.15) is 31.8 Å². The number of allylic oxidation sites excluding steroid dienone is 2. The molecule has 0 bridgehead atoms. The number of carbonyl (C=O) groups excluding carboxylic acids is 1. The fraction of sp³-hybridized carbons (Fsp3) is 0. The summed E-state index contributed by atoms with van der Waals surface area (Å²) in [6.07, 6.45) is 5.18. The first kappa shape index (κ1) is 18.5. The molecule has 0 fully saturated rings. The maximum atomic E-state index is 11.9. The Labute approximate surface area is 147 Å². The van der Waals surface area contributed by atoms with Gasteiger partial charge in [-0.1, -0.05) is 24.3 Å². The van der Waals surface area contributed by atoms with E-state index in [1.54, 1.807) is 0 Å². The van der Waals surface area contributed by atoms with Crippen LogP contribution < -0.4 is 0 Å². The first-order chi connectivity index (χ1) is 12.3. The number of benzene rings is 2. The Morgan fingerprint density at radius 2 is 1.08 bits per heavy atom. The van der Waals surface area contributed by atoms with Crippen LogP contribution in [0.2, 0.25) is 0 Å². The molecule has 0 heterocycles. The molecule has 2 rings (SSSR count). The molecule has 4 N–H and O–H groups in total. The number of carboxylic acid groups (broad SMARTS) is 2. The maximum absolute atomic E-state index is 11.9. The standard InChI is InChI=1S/C19H14O7/c20-13(5-1-11-3-7-16(21)14(9-11)18(23)24)6-2-12-4-8-17(22)15(10-12)19(25)26/h1-10,21-22H,(H,23,24)(H,25,26)/b5-1+,6-2+. The summed E-state index contributed by atoms with van der Waals surface area (Å²) in [4.78, 5) is 33.8. The van der Waals surface area contributed by atoms with Gasteiger partial charge in [-0.2, -0.15) is 0 Å². The molecule has 0 aromatic heterocycles. The lowest BCUT2D eigenvalue weighted by Crippen LogP contribution is -1.97. The summed E-state index contributed by atoms with van der Waals surface area (Å²) in [5, 5.41) is 36.7. The molecule has 0 spiro atoms. The predicted molar refractivity (Wildman–Crippen MR) is 93.2 cm³/mol. The molecule has 7 heteroatoms. The van der Waals surface area contributed by atoms with Gasteiger partial charge in [-0.3, -0.25) is 4.79 Å². The van der Waals surface area contributed by atoms with Gasteiger partial charge in [-0.25, -0.2) is 9.59 Å². The van der Waals surface area contributed by atoms with Crippen molar-refractivity contribution in [2.75, 3.05) is 0 Å². The molecule has 132 valence electrons.